The van der Waals surface area contributed by atoms with Gasteiger partial charge in [0.2, 0.25) is 11.8 Å². The predicted octanol–water partition coefficient (Wildman–Crippen LogP) is 0.477. The summed E-state index contributed by atoms with van der Waals surface area (Å²) in [6.45, 7) is 5.42. The first-order valence-electron chi connectivity index (χ1n) is 9.13. The van der Waals surface area contributed by atoms with E-state index in [0.717, 1.165) is 32.1 Å². The van der Waals surface area contributed by atoms with Gasteiger partial charge in [-0.3, -0.25) is 19.8 Å². The average molecular weight is 356 g/mol. The van der Waals surface area contributed by atoms with E-state index in [-0.39, 0.29) is 24.3 Å². The number of hydrogen-bond donors (Lipinski definition) is 3. The smallest absolute Gasteiger partial charge is 0.321 e. The number of hydrogen-bond acceptors (Lipinski definition) is 5. The third-order valence-electron chi connectivity index (χ3n) is 4.22. The number of carbonyl (C=O) groups excluding carboxylic acids is 3. The number of nitrogens with one attached hydrogen (secondary N) is 3. The van der Waals surface area contributed by atoms with Gasteiger partial charge in [-0.2, -0.15) is 0 Å². The van der Waals surface area contributed by atoms with Gasteiger partial charge >= 0.3 is 6.03 Å². The van der Waals surface area contributed by atoms with Gasteiger partial charge in [-0.05, 0) is 38.8 Å². The molecule has 4 amide bonds. The fraction of sp³-hybridized carbons (Fsp3) is 0.824. The number of amides is 4. The number of carbonyl (C=O) groups is 3. The van der Waals surface area contributed by atoms with Crippen LogP contribution in [0.4, 0.5) is 4.79 Å². The van der Waals surface area contributed by atoms with Crippen molar-refractivity contribution in [3.05, 3.63) is 0 Å². The Morgan fingerprint density at radius 3 is 2.40 bits per heavy atom. The van der Waals surface area contributed by atoms with Crippen LogP contribution in [0.25, 0.3) is 0 Å². The molecular weight excluding hydrogens is 324 g/mol. The van der Waals surface area contributed by atoms with Crippen LogP contribution in [0, 0.1) is 5.92 Å². The zero-order chi connectivity index (χ0) is 18.5. The second kappa shape index (κ2) is 12.7. The Bertz CT molecular complexity index is 423. The van der Waals surface area contributed by atoms with E-state index in [1.807, 2.05) is 11.8 Å². The molecule has 144 valence electrons. The molecule has 0 aliphatic carbocycles. The summed E-state index contributed by atoms with van der Waals surface area (Å²) in [5.74, 6) is -0.230. The van der Waals surface area contributed by atoms with Crippen LogP contribution in [0.3, 0.4) is 0 Å². The Balaban J connectivity index is 2.17. The number of methoxy groups -OCH3 is 1. The molecule has 1 saturated heterocycles. The number of imide groups is 1. The summed E-state index contributed by atoms with van der Waals surface area (Å²) in [6.07, 6.45) is 4.14. The van der Waals surface area contributed by atoms with Crippen molar-refractivity contribution in [2.24, 2.45) is 5.92 Å². The van der Waals surface area contributed by atoms with Crippen molar-refractivity contribution >= 4 is 17.8 Å². The number of rotatable bonds is 10. The minimum absolute atomic E-state index is 0.000742. The van der Waals surface area contributed by atoms with E-state index >= 15 is 0 Å². The molecule has 0 radical (unpaired) electrons. The third-order valence-corrected chi connectivity index (χ3v) is 4.22. The lowest BCUT2D eigenvalue weighted by Gasteiger charge is -2.30. The molecule has 25 heavy (non-hydrogen) atoms. The van der Waals surface area contributed by atoms with E-state index in [9.17, 15) is 14.4 Å². The van der Waals surface area contributed by atoms with Gasteiger partial charge in [0.05, 0.1) is 6.54 Å². The van der Waals surface area contributed by atoms with Crippen LogP contribution in [-0.2, 0) is 14.3 Å². The second-order valence-electron chi connectivity index (χ2n) is 6.35. The Morgan fingerprint density at radius 1 is 1.08 bits per heavy atom. The summed E-state index contributed by atoms with van der Waals surface area (Å²) < 4.78 is 4.95. The number of unbranched alkanes of at least 4 members (excludes halogenated alkanes) is 1. The Labute approximate surface area is 150 Å². The fourth-order valence-corrected chi connectivity index (χ4v) is 2.72. The van der Waals surface area contributed by atoms with Crippen molar-refractivity contribution in [3.63, 3.8) is 0 Å². The molecule has 1 aliphatic rings. The van der Waals surface area contributed by atoms with Crippen molar-refractivity contribution in [3.8, 4) is 0 Å². The van der Waals surface area contributed by atoms with Crippen molar-refractivity contribution in [1.29, 1.82) is 0 Å². The molecule has 0 aromatic heterocycles. The first-order chi connectivity index (χ1) is 12.1. The summed E-state index contributed by atoms with van der Waals surface area (Å²) in [4.78, 5) is 37.4. The van der Waals surface area contributed by atoms with Crippen LogP contribution < -0.4 is 16.0 Å². The van der Waals surface area contributed by atoms with Gasteiger partial charge in [-0.1, -0.05) is 13.3 Å². The maximum Gasteiger partial charge on any atom is 0.321 e. The Morgan fingerprint density at radius 2 is 1.76 bits per heavy atom. The van der Waals surface area contributed by atoms with Crippen LogP contribution >= 0.6 is 0 Å². The lowest BCUT2D eigenvalue weighted by Crippen LogP contribution is -2.47. The standard InChI is InChI=1S/C17H32N4O4/c1-3-4-8-19-17(24)20-15(22)13-21-10-6-14(7-11-21)16(23)18-9-5-12-25-2/h14H,3-13H2,1-2H3,(H,18,23)(H2,19,20,22,24). The lowest BCUT2D eigenvalue weighted by atomic mass is 9.96. The number of nitrogens with zero attached hydrogens (tertiary/aromatic N) is 1. The first-order valence-corrected chi connectivity index (χ1v) is 9.13. The fourth-order valence-electron chi connectivity index (χ4n) is 2.72. The number of likely N-dealkylation sites (tertiary alicyclic amines) is 1. The van der Waals surface area contributed by atoms with Crippen LogP contribution in [0.2, 0.25) is 0 Å². The molecule has 0 atom stereocenters. The van der Waals surface area contributed by atoms with Gasteiger partial charge in [0.25, 0.3) is 0 Å². The van der Waals surface area contributed by atoms with Gasteiger partial charge < -0.3 is 15.4 Å². The van der Waals surface area contributed by atoms with Gasteiger partial charge in [0.15, 0.2) is 0 Å². The molecule has 0 aromatic rings. The van der Waals surface area contributed by atoms with Crippen molar-refractivity contribution in [2.45, 2.75) is 39.0 Å². The van der Waals surface area contributed by atoms with E-state index in [2.05, 4.69) is 16.0 Å². The molecule has 1 heterocycles. The molecule has 0 saturated carbocycles. The molecule has 0 bridgehead atoms. The highest BCUT2D eigenvalue weighted by atomic mass is 16.5. The normalized spacial score (nSPS) is 15.6. The summed E-state index contributed by atoms with van der Waals surface area (Å²) in [5.41, 5.74) is 0. The maximum absolute atomic E-state index is 12.1. The van der Waals surface area contributed by atoms with Crippen LogP contribution in [-0.4, -0.2) is 69.2 Å². The quantitative estimate of drug-likeness (QED) is 0.494. The van der Waals surface area contributed by atoms with E-state index in [0.29, 0.717) is 32.8 Å². The Kier molecular flexibility index (Phi) is 10.8. The van der Waals surface area contributed by atoms with Crippen LogP contribution in [0.15, 0.2) is 0 Å². The van der Waals surface area contributed by atoms with Gasteiger partial charge in [-0.15, -0.1) is 0 Å². The molecule has 1 rings (SSSR count). The van der Waals surface area contributed by atoms with Gasteiger partial charge in [-0.25, -0.2) is 4.79 Å². The third kappa shape index (κ3) is 9.40. The molecule has 3 N–H and O–H groups in total. The minimum Gasteiger partial charge on any atom is -0.385 e. The summed E-state index contributed by atoms with van der Waals surface area (Å²) in [5, 5.41) is 7.91. The van der Waals surface area contributed by atoms with Gasteiger partial charge in [0.1, 0.15) is 0 Å². The first kappa shape index (κ1) is 21.4. The molecule has 1 fully saturated rings. The highest BCUT2D eigenvalue weighted by Gasteiger charge is 2.25. The van der Waals surface area contributed by atoms with E-state index < -0.39 is 6.03 Å². The average Bonchev–Trinajstić information content (AvgIpc) is 2.59. The van der Waals surface area contributed by atoms with Crippen molar-refractivity contribution < 1.29 is 19.1 Å². The summed E-state index contributed by atoms with van der Waals surface area (Å²) in [7, 11) is 1.64. The summed E-state index contributed by atoms with van der Waals surface area (Å²) in [6, 6.07) is -0.441. The predicted molar refractivity (Wildman–Crippen MR) is 95.1 cm³/mol. The van der Waals surface area contributed by atoms with E-state index in [1.165, 1.54) is 0 Å². The largest absolute Gasteiger partial charge is 0.385 e. The van der Waals surface area contributed by atoms with Crippen LogP contribution in [0.1, 0.15) is 39.0 Å². The zero-order valence-corrected chi connectivity index (χ0v) is 15.4. The minimum atomic E-state index is -0.441. The second-order valence-corrected chi connectivity index (χ2v) is 6.35. The molecule has 0 spiro atoms. The van der Waals surface area contributed by atoms with Gasteiger partial charge in [0, 0.05) is 32.7 Å². The van der Waals surface area contributed by atoms with Crippen molar-refractivity contribution in [2.75, 3.05) is 46.4 Å². The topological polar surface area (TPSA) is 99.8 Å². The zero-order valence-electron chi connectivity index (χ0n) is 15.4. The molecule has 8 nitrogen and oxygen atoms in total. The van der Waals surface area contributed by atoms with Crippen LogP contribution in [0.5, 0.6) is 0 Å². The molecule has 0 aromatic carbocycles. The van der Waals surface area contributed by atoms with E-state index in [4.69, 9.17) is 4.74 Å². The SMILES string of the molecule is CCCCNC(=O)NC(=O)CN1CCC(C(=O)NCCCOC)CC1. The highest BCUT2D eigenvalue weighted by molar-refractivity contribution is 5.95. The Hall–Kier alpha value is -1.67. The number of urea groups is 1. The number of ether oxygens (including phenoxy) is 1. The molecular formula is C17H32N4O4. The highest BCUT2D eigenvalue weighted by Crippen LogP contribution is 2.16. The summed E-state index contributed by atoms with van der Waals surface area (Å²) >= 11 is 0. The molecule has 0 unspecified atom stereocenters. The van der Waals surface area contributed by atoms with E-state index in [1.54, 1.807) is 7.11 Å². The monoisotopic (exact) mass is 356 g/mol. The molecule has 1 aliphatic heterocycles. The lowest BCUT2D eigenvalue weighted by molar-refractivity contribution is -0.126. The molecule has 8 heteroatoms. The van der Waals surface area contributed by atoms with Crippen molar-refractivity contribution in [1.82, 2.24) is 20.9 Å². The number of piperidine rings is 1. The maximum atomic E-state index is 12.1.